The van der Waals surface area contributed by atoms with Gasteiger partial charge < -0.3 is 4.90 Å². The first-order valence-corrected chi connectivity index (χ1v) is 9.06. The number of para-hydroxylation sites is 1. The average molecular weight is 351 g/mol. The Morgan fingerprint density at radius 2 is 1.68 bits per heavy atom. The number of fused-ring (bicyclic) bond motifs is 1. The number of nitrogens with zero attached hydrogens (tertiary/aromatic N) is 2. The van der Waals surface area contributed by atoms with Crippen LogP contribution in [0, 0.1) is 0 Å². The van der Waals surface area contributed by atoms with Crippen LogP contribution in [0.15, 0.2) is 54.6 Å². The summed E-state index contributed by atoms with van der Waals surface area (Å²) in [6, 6.07) is 17.3. The Hall–Kier alpha value is -2.39. The van der Waals surface area contributed by atoms with Crippen LogP contribution in [0.1, 0.15) is 29.6 Å². The van der Waals surface area contributed by atoms with Crippen molar-refractivity contribution in [1.29, 1.82) is 0 Å². The SMILES string of the molecule is O=C(c1cc(-c2ccccc2Cl)nc2ccccc12)N1CCCCC1. The second kappa shape index (κ2) is 6.85. The largest absolute Gasteiger partial charge is 0.339 e. The fraction of sp³-hybridized carbons (Fsp3) is 0.238. The van der Waals surface area contributed by atoms with Gasteiger partial charge in [0.1, 0.15) is 0 Å². The molecule has 4 heteroatoms. The zero-order valence-electron chi connectivity index (χ0n) is 13.9. The van der Waals surface area contributed by atoms with E-state index in [2.05, 4.69) is 0 Å². The number of carbonyl (C=O) groups is 1. The predicted molar refractivity (Wildman–Crippen MR) is 102 cm³/mol. The van der Waals surface area contributed by atoms with E-state index in [1.54, 1.807) is 0 Å². The van der Waals surface area contributed by atoms with Crippen LogP contribution in [0.2, 0.25) is 5.02 Å². The van der Waals surface area contributed by atoms with Crippen molar-refractivity contribution < 1.29 is 4.79 Å². The third-order valence-electron chi connectivity index (χ3n) is 4.74. The van der Waals surface area contributed by atoms with Gasteiger partial charge in [0.2, 0.25) is 0 Å². The number of hydrogen-bond donors (Lipinski definition) is 0. The number of halogens is 1. The Morgan fingerprint density at radius 3 is 2.48 bits per heavy atom. The molecule has 0 bridgehead atoms. The van der Waals surface area contributed by atoms with E-state index in [9.17, 15) is 4.79 Å². The molecule has 0 N–H and O–H groups in total. The summed E-state index contributed by atoms with van der Waals surface area (Å²) in [5, 5.41) is 1.54. The van der Waals surface area contributed by atoms with Crippen molar-refractivity contribution in [3.05, 3.63) is 65.2 Å². The molecule has 0 radical (unpaired) electrons. The molecular formula is C21H19ClN2O. The summed E-state index contributed by atoms with van der Waals surface area (Å²) in [6.07, 6.45) is 3.35. The van der Waals surface area contributed by atoms with E-state index in [-0.39, 0.29) is 5.91 Å². The Kier molecular flexibility index (Phi) is 4.41. The fourth-order valence-electron chi connectivity index (χ4n) is 3.43. The highest BCUT2D eigenvalue weighted by Crippen LogP contribution is 2.30. The Morgan fingerprint density at radius 1 is 0.960 bits per heavy atom. The quantitative estimate of drug-likeness (QED) is 0.638. The number of pyridine rings is 1. The third kappa shape index (κ3) is 3.12. The van der Waals surface area contributed by atoms with Crippen LogP contribution in [-0.2, 0) is 0 Å². The number of rotatable bonds is 2. The lowest BCUT2D eigenvalue weighted by atomic mass is 10.0. The van der Waals surface area contributed by atoms with E-state index >= 15 is 0 Å². The van der Waals surface area contributed by atoms with Crippen molar-refractivity contribution in [3.63, 3.8) is 0 Å². The summed E-state index contributed by atoms with van der Waals surface area (Å²) in [7, 11) is 0. The number of hydrogen-bond acceptors (Lipinski definition) is 2. The molecule has 1 fully saturated rings. The van der Waals surface area contributed by atoms with Gasteiger partial charge in [-0.1, -0.05) is 48.0 Å². The third-order valence-corrected chi connectivity index (χ3v) is 5.07. The molecule has 126 valence electrons. The zero-order chi connectivity index (χ0) is 17.2. The van der Waals surface area contributed by atoms with Gasteiger partial charge >= 0.3 is 0 Å². The molecule has 0 spiro atoms. The van der Waals surface area contributed by atoms with Crippen molar-refractivity contribution in [3.8, 4) is 11.3 Å². The lowest BCUT2D eigenvalue weighted by Gasteiger charge is -2.27. The Balaban J connectivity index is 1.87. The highest BCUT2D eigenvalue weighted by atomic mass is 35.5. The summed E-state index contributed by atoms with van der Waals surface area (Å²) in [4.78, 5) is 19.8. The van der Waals surface area contributed by atoms with Gasteiger partial charge in [-0.15, -0.1) is 0 Å². The molecule has 2 aromatic carbocycles. The normalized spacial score (nSPS) is 14.7. The lowest BCUT2D eigenvalue weighted by molar-refractivity contribution is 0.0726. The Labute approximate surface area is 152 Å². The maximum atomic E-state index is 13.1. The van der Waals surface area contributed by atoms with Gasteiger partial charge in [-0.3, -0.25) is 4.79 Å². The van der Waals surface area contributed by atoms with Gasteiger partial charge in [-0.05, 0) is 37.5 Å². The van der Waals surface area contributed by atoms with Gasteiger partial charge in [-0.2, -0.15) is 0 Å². The minimum Gasteiger partial charge on any atom is -0.339 e. The summed E-state index contributed by atoms with van der Waals surface area (Å²) in [6.45, 7) is 1.66. The van der Waals surface area contributed by atoms with Gasteiger partial charge in [0.25, 0.3) is 5.91 Å². The molecule has 0 unspecified atom stereocenters. The Bertz CT molecular complexity index is 932. The van der Waals surface area contributed by atoms with Crippen molar-refractivity contribution >= 4 is 28.4 Å². The first-order valence-electron chi connectivity index (χ1n) is 8.68. The molecule has 1 aliphatic rings. The number of piperidine rings is 1. The molecule has 1 aromatic heterocycles. The van der Waals surface area contributed by atoms with E-state index in [1.165, 1.54) is 6.42 Å². The maximum absolute atomic E-state index is 13.1. The van der Waals surface area contributed by atoms with Crippen molar-refractivity contribution in [1.82, 2.24) is 9.88 Å². The second-order valence-electron chi connectivity index (χ2n) is 6.40. The molecule has 3 nitrogen and oxygen atoms in total. The van der Waals surface area contributed by atoms with E-state index in [4.69, 9.17) is 16.6 Å². The first-order chi connectivity index (χ1) is 12.2. The van der Waals surface area contributed by atoms with Crippen LogP contribution in [0.3, 0.4) is 0 Å². The zero-order valence-corrected chi connectivity index (χ0v) is 14.7. The van der Waals surface area contributed by atoms with E-state index in [1.807, 2.05) is 59.5 Å². The minimum absolute atomic E-state index is 0.0894. The predicted octanol–water partition coefficient (Wildman–Crippen LogP) is 5.18. The summed E-state index contributed by atoms with van der Waals surface area (Å²) >= 11 is 6.36. The molecule has 2 heterocycles. The van der Waals surface area contributed by atoms with Gasteiger partial charge in [-0.25, -0.2) is 4.98 Å². The van der Waals surface area contributed by atoms with Gasteiger partial charge in [0.15, 0.2) is 0 Å². The molecule has 0 saturated carbocycles. The molecule has 3 aromatic rings. The number of carbonyl (C=O) groups excluding carboxylic acids is 1. The maximum Gasteiger partial charge on any atom is 0.254 e. The molecule has 1 aliphatic heterocycles. The molecule has 1 saturated heterocycles. The molecule has 0 atom stereocenters. The summed E-state index contributed by atoms with van der Waals surface area (Å²) < 4.78 is 0. The van der Waals surface area contributed by atoms with Crippen LogP contribution in [0.25, 0.3) is 22.2 Å². The number of aromatic nitrogens is 1. The number of amides is 1. The average Bonchev–Trinajstić information content (AvgIpc) is 2.67. The molecule has 4 rings (SSSR count). The number of benzene rings is 2. The van der Waals surface area contributed by atoms with Gasteiger partial charge in [0.05, 0.1) is 16.8 Å². The first kappa shape index (κ1) is 16.1. The highest BCUT2D eigenvalue weighted by molar-refractivity contribution is 6.33. The smallest absolute Gasteiger partial charge is 0.254 e. The number of likely N-dealkylation sites (tertiary alicyclic amines) is 1. The van der Waals surface area contributed by atoms with Crippen LogP contribution in [0.5, 0.6) is 0 Å². The van der Waals surface area contributed by atoms with Crippen LogP contribution < -0.4 is 0 Å². The molecule has 1 amide bonds. The van der Waals surface area contributed by atoms with Crippen molar-refractivity contribution in [2.45, 2.75) is 19.3 Å². The van der Waals surface area contributed by atoms with Crippen molar-refractivity contribution in [2.24, 2.45) is 0 Å². The van der Waals surface area contributed by atoms with Crippen LogP contribution >= 0.6 is 11.6 Å². The fourth-order valence-corrected chi connectivity index (χ4v) is 3.66. The minimum atomic E-state index is 0.0894. The molecular weight excluding hydrogens is 332 g/mol. The molecule has 0 aliphatic carbocycles. The second-order valence-corrected chi connectivity index (χ2v) is 6.81. The topological polar surface area (TPSA) is 33.2 Å². The van der Waals surface area contributed by atoms with Crippen LogP contribution in [0.4, 0.5) is 0 Å². The molecule has 25 heavy (non-hydrogen) atoms. The lowest BCUT2D eigenvalue weighted by Crippen LogP contribution is -2.35. The standard InChI is InChI=1S/C21H19ClN2O/c22-18-10-4-2-9-16(18)20-14-17(15-8-3-5-11-19(15)23-20)21(25)24-12-6-1-7-13-24/h2-5,8-11,14H,1,6-7,12-13H2. The van der Waals surface area contributed by atoms with E-state index < -0.39 is 0 Å². The van der Waals surface area contributed by atoms with Crippen molar-refractivity contribution in [2.75, 3.05) is 13.1 Å². The van der Waals surface area contributed by atoms with Crippen LogP contribution in [-0.4, -0.2) is 28.9 Å². The highest BCUT2D eigenvalue weighted by Gasteiger charge is 2.21. The van der Waals surface area contributed by atoms with E-state index in [0.717, 1.165) is 48.1 Å². The van der Waals surface area contributed by atoms with Gasteiger partial charge in [0, 0.05) is 29.1 Å². The summed E-state index contributed by atoms with van der Waals surface area (Å²) in [5.74, 6) is 0.0894. The summed E-state index contributed by atoms with van der Waals surface area (Å²) in [5.41, 5.74) is 3.12. The van der Waals surface area contributed by atoms with E-state index in [0.29, 0.717) is 10.6 Å². The monoisotopic (exact) mass is 350 g/mol.